The van der Waals surface area contributed by atoms with Gasteiger partial charge in [0.05, 0.1) is 10.8 Å². The van der Waals surface area contributed by atoms with Gasteiger partial charge in [0, 0.05) is 17.1 Å². The van der Waals surface area contributed by atoms with Crippen molar-refractivity contribution in [1.29, 1.82) is 0 Å². The lowest BCUT2D eigenvalue weighted by atomic mass is 10.2. The maximum atomic E-state index is 11.5. The highest BCUT2D eigenvalue weighted by atomic mass is 35.5. The minimum absolute atomic E-state index is 0.0141. The molecule has 2 N–H and O–H groups in total. The van der Waals surface area contributed by atoms with Gasteiger partial charge in [0.15, 0.2) is 17.6 Å². The summed E-state index contributed by atoms with van der Waals surface area (Å²) in [5.74, 6) is -0.702. The number of amides is 1. The molecule has 0 unspecified atom stereocenters. The summed E-state index contributed by atoms with van der Waals surface area (Å²) in [4.78, 5) is 22.1. The van der Waals surface area contributed by atoms with Crippen molar-refractivity contribution in [2.45, 2.75) is 18.6 Å². The molecule has 0 aliphatic rings. The lowest BCUT2D eigenvalue weighted by Crippen LogP contribution is -2.21. The molecule has 0 aliphatic heterocycles. The lowest BCUT2D eigenvalue weighted by molar-refractivity contribution is -0.145. The molecule has 0 saturated heterocycles. The third kappa shape index (κ3) is 4.62. The fourth-order valence-corrected chi connectivity index (χ4v) is 3.16. The molecular weight excluding hydrogens is 375 g/mol. The van der Waals surface area contributed by atoms with E-state index in [1.54, 1.807) is 18.2 Å². The van der Waals surface area contributed by atoms with E-state index in [0.29, 0.717) is 33.1 Å². The molecule has 0 aliphatic carbocycles. The monoisotopic (exact) mass is 388 g/mol. The van der Waals surface area contributed by atoms with Gasteiger partial charge >= 0.3 is 5.97 Å². The van der Waals surface area contributed by atoms with Crippen LogP contribution in [0.4, 0.5) is 0 Å². The van der Waals surface area contributed by atoms with Crippen LogP contribution >= 0.6 is 35.0 Å². The number of ether oxygens (including phenoxy) is 1. The molecule has 128 valence electrons. The van der Waals surface area contributed by atoms with E-state index in [4.69, 9.17) is 33.7 Å². The summed E-state index contributed by atoms with van der Waals surface area (Å²) in [6.07, 6.45) is 0. The Morgan fingerprint density at radius 3 is 2.71 bits per heavy atom. The maximum absolute atomic E-state index is 11.5. The van der Waals surface area contributed by atoms with Crippen molar-refractivity contribution >= 4 is 46.8 Å². The topological polar surface area (TPSA) is 100 Å². The average molecular weight is 389 g/mol. The minimum Gasteiger partial charge on any atom is -0.455 e. The molecule has 0 spiro atoms. The first-order chi connectivity index (χ1) is 11.4. The van der Waals surface area contributed by atoms with E-state index in [1.165, 1.54) is 0 Å². The smallest absolute Gasteiger partial charge is 0.316 e. The summed E-state index contributed by atoms with van der Waals surface area (Å²) in [6.45, 7) is 2.07. The maximum Gasteiger partial charge on any atom is 0.316 e. The van der Waals surface area contributed by atoms with Gasteiger partial charge in [-0.1, -0.05) is 35.0 Å². The van der Waals surface area contributed by atoms with Crippen molar-refractivity contribution in [2.24, 2.45) is 5.73 Å². The molecule has 1 aromatic carbocycles. The molecule has 0 fully saturated rings. The lowest BCUT2D eigenvalue weighted by Gasteiger charge is -2.08. The molecule has 0 radical (unpaired) electrons. The summed E-state index contributed by atoms with van der Waals surface area (Å²) >= 11 is 13.3. The molecule has 2 rings (SSSR count). The van der Waals surface area contributed by atoms with Gasteiger partial charge in [0.1, 0.15) is 0 Å². The molecule has 10 heteroatoms. The Bertz CT molecular complexity index is 766. The molecule has 1 amide bonds. The van der Waals surface area contributed by atoms with Crippen molar-refractivity contribution in [3.63, 3.8) is 0 Å². The standard InChI is InChI=1S/C14H14Cl2N4O3S/c1-2-20-13(9-4-3-8(15)5-10(9)16)18-19-14(20)24-7-12(22)23-6-11(17)21/h3-5H,2,6-7H2,1H3,(H2,17,21). The zero-order valence-electron chi connectivity index (χ0n) is 12.7. The number of aromatic nitrogens is 3. The van der Waals surface area contributed by atoms with Crippen LogP contribution in [0.25, 0.3) is 11.4 Å². The van der Waals surface area contributed by atoms with Gasteiger partial charge in [0.2, 0.25) is 0 Å². The number of esters is 1. The largest absolute Gasteiger partial charge is 0.455 e. The molecule has 0 saturated carbocycles. The van der Waals surface area contributed by atoms with Crippen LogP contribution in [0.2, 0.25) is 10.0 Å². The van der Waals surface area contributed by atoms with Crippen LogP contribution in [0.15, 0.2) is 23.4 Å². The Hall–Kier alpha value is -1.77. The second kappa shape index (κ2) is 8.36. The van der Waals surface area contributed by atoms with Crippen LogP contribution in [-0.2, 0) is 20.9 Å². The number of benzene rings is 1. The van der Waals surface area contributed by atoms with Crippen LogP contribution in [0.5, 0.6) is 0 Å². The Labute approximate surface area is 152 Å². The fourth-order valence-electron chi connectivity index (χ4n) is 1.87. The third-order valence-electron chi connectivity index (χ3n) is 2.90. The number of carbonyl (C=O) groups is 2. The van der Waals surface area contributed by atoms with Crippen molar-refractivity contribution in [2.75, 3.05) is 12.4 Å². The highest BCUT2D eigenvalue weighted by molar-refractivity contribution is 7.99. The molecule has 1 heterocycles. The number of nitrogens with two attached hydrogens (primary N) is 1. The van der Waals surface area contributed by atoms with E-state index < -0.39 is 18.5 Å². The normalized spacial score (nSPS) is 10.6. The van der Waals surface area contributed by atoms with Gasteiger partial charge in [0.25, 0.3) is 5.91 Å². The zero-order valence-corrected chi connectivity index (χ0v) is 15.0. The minimum atomic E-state index is -0.704. The molecule has 0 atom stereocenters. The number of primary amides is 1. The van der Waals surface area contributed by atoms with E-state index in [0.717, 1.165) is 11.8 Å². The average Bonchev–Trinajstić information content (AvgIpc) is 2.93. The van der Waals surface area contributed by atoms with Gasteiger partial charge in [-0.25, -0.2) is 0 Å². The van der Waals surface area contributed by atoms with E-state index >= 15 is 0 Å². The number of rotatable bonds is 7. The number of thioether (sulfide) groups is 1. The molecular formula is C14H14Cl2N4O3S. The van der Waals surface area contributed by atoms with E-state index in [1.807, 2.05) is 11.5 Å². The predicted molar refractivity (Wildman–Crippen MR) is 92.0 cm³/mol. The van der Waals surface area contributed by atoms with Gasteiger partial charge in [-0.3, -0.25) is 9.59 Å². The Kier molecular flexibility index (Phi) is 6.47. The highest BCUT2D eigenvalue weighted by Crippen LogP contribution is 2.31. The second-order valence-corrected chi connectivity index (χ2v) is 6.38. The number of halogens is 2. The molecule has 7 nitrogen and oxygen atoms in total. The predicted octanol–water partition coefficient (Wildman–Crippen LogP) is 2.39. The molecule has 2 aromatic rings. The van der Waals surface area contributed by atoms with E-state index in [9.17, 15) is 9.59 Å². The van der Waals surface area contributed by atoms with Crippen molar-refractivity contribution in [3.05, 3.63) is 28.2 Å². The number of carbonyl (C=O) groups excluding carboxylic acids is 2. The first kappa shape index (κ1) is 18.6. The summed E-state index contributed by atoms with van der Waals surface area (Å²) < 4.78 is 6.52. The van der Waals surface area contributed by atoms with Crippen LogP contribution in [0, 0.1) is 0 Å². The second-order valence-electron chi connectivity index (χ2n) is 4.59. The van der Waals surface area contributed by atoms with Gasteiger partial charge in [-0.2, -0.15) is 0 Å². The quantitative estimate of drug-likeness (QED) is 0.577. The zero-order chi connectivity index (χ0) is 17.7. The SMILES string of the molecule is CCn1c(SCC(=O)OCC(N)=O)nnc1-c1ccc(Cl)cc1Cl. The van der Waals surface area contributed by atoms with Crippen molar-refractivity contribution in [1.82, 2.24) is 14.8 Å². The number of hydrogen-bond donors (Lipinski definition) is 1. The van der Waals surface area contributed by atoms with Crippen molar-refractivity contribution < 1.29 is 14.3 Å². The van der Waals surface area contributed by atoms with E-state index in [-0.39, 0.29) is 5.75 Å². The highest BCUT2D eigenvalue weighted by Gasteiger charge is 2.17. The molecule has 0 bridgehead atoms. The Morgan fingerprint density at radius 1 is 1.33 bits per heavy atom. The Balaban J connectivity index is 2.14. The summed E-state index contributed by atoms with van der Waals surface area (Å²) in [7, 11) is 0. The van der Waals surface area contributed by atoms with Gasteiger partial charge in [-0.05, 0) is 25.1 Å². The van der Waals surface area contributed by atoms with Crippen LogP contribution in [0.3, 0.4) is 0 Å². The van der Waals surface area contributed by atoms with Crippen molar-refractivity contribution in [3.8, 4) is 11.4 Å². The third-order valence-corrected chi connectivity index (χ3v) is 4.39. The molecule has 24 heavy (non-hydrogen) atoms. The summed E-state index contributed by atoms with van der Waals surface area (Å²) in [5, 5.41) is 9.74. The molecule has 1 aromatic heterocycles. The summed E-state index contributed by atoms with van der Waals surface area (Å²) in [5.41, 5.74) is 5.61. The van der Waals surface area contributed by atoms with Gasteiger partial charge in [-0.15, -0.1) is 10.2 Å². The first-order valence-electron chi connectivity index (χ1n) is 6.87. The van der Waals surface area contributed by atoms with Crippen LogP contribution in [0.1, 0.15) is 6.92 Å². The van der Waals surface area contributed by atoms with Crippen LogP contribution in [-0.4, -0.2) is 39.0 Å². The van der Waals surface area contributed by atoms with E-state index in [2.05, 4.69) is 10.2 Å². The summed E-state index contributed by atoms with van der Waals surface area (Å²) in [6, 6.07) is 5.10. The van der Waals surface area contributed by atoms with Gasteiger partial charge < -0.3 is 15.0 Å². The number of hydrogen-bond acceptors (Lipinski definition) is 6. The fraction of sp³-hybridized carbons (Fsp3) is 0.286. The first-order valence-corrected chi connectivity index (χ1v) is 8.61. The Morgan fingerprint density at radius 2 is 2.08 bits per heavy atom. The number of nitrogens with zero attached hydrogens (tertiary/aromatic N) is 3. The van der Waals surface area contributed by atoms with Crippen LogP contribution < -0.4 is 5.73 Å².